The molecule has 1 amide bonds. The molecule has 0 radical (unpaired) electrons. The molecule has 0 saturated carbocycles. The van der Waals surface area contributed by atoms with Crippen LogP contribution in [0, 0.1) is 6.92 Å². The minimum atomic E-state index is -0.838. The van der Waals surface area contributed by atoms with Gasteiger partial charge in [-0.2, -0.15) is 0 Å². The number of hydrogen-bond donors (Lipinski definition) is 2. The van der Waals surface area contributed by atoms with E-state index < -0.39 is 6.09 Å². The molecule has 0 atom stereocenters. The molecule has 1 aliphatic rings. The zero-order valence-electron chi connectivity index (χ0n) is 14.3. The van der Waals surface area contributed by atoms with Crippen LogP contribution in [0.1, 0.15) is 29.2 Å². The van der Waals surface area contributed by atoms with Crippen LogP contribution in [0.25, 0.3) is 21.5 Å². The quantitative estimate of drug-likeness (QED) is 0.706. The number of aromatic hydroxyl groups is 1. The summed E-state index contributed by atoms with van der Waals surface area (Å²) >= 11 is 1.65. The molecule has 2 N–H and O–H groups in total. The topological polar surface area (TPSA) is 86.6 Å². The lowest BCUT2D eigenvalue weighted by molar-refractivity contribution is 0.132. The van der Waals surface area contributed by atoms with Crippen molar-refractivity contribution < 1.29 is 15.0 Å². The van der Waals surface area contributed by atoms with E-state index in [4.69, 9.17) is 5.11 Å². The van der Waals surface area contributed by atoms with Crippen molar-refractivity contribution in [1.29, 1.82) is 0 Å². The number of aryl methyl sites for hydroxylation is 1. The van der Waals surface area contributed by atoms with E-state index in [-0.39, 0.29) is 5.75 Å². The average molecular weight is 369 g/mol. The van der Waals surface area contributed by atoms with Crippen LogP contribution in [0.4, 0.5) is 4.79 Å². The molecule has 6 nitrogen and oxygen atoms in total. The van der Waals surface area contributed by atoms with E-state index in [9.17, 15) is 9.90 Å². The van der Waals surface area contributed by atoms with Crippen LogP contribution in [0.5, 0.6) is 5.75 Å². The summed E-state index contributed by atoms with van der Waals surface area (Å²) in [4.78, 5) is 14.7. The third kappa shape index (κ3) is 2.88. The third-order valence-electron chi connectivity index (χ3n) is 5.06. The molecule has 134 valence electrons. The second-order valence-corrected chi connectivity index (χ2v) is 7.63. The van der Waals surface area contributed by atoms with Crippen molar-refractivity contribution in [2.75, 3.05) is 13.1 Å². The van der Waals surface area contributed by atoms with Gasteiger partial charge in [-0.25, -0.2) is 4.79 Å². The van der Waals surface area contributed by atoms with Gasteiger partial charge in [0.1, 0.15) is 10.6 Å². The largest absolute Gasteiger partial charge is 0.507 e. The maximum absolute atomic E-state index is 11.1. The monoisotopic (exact) mass is 369 g/mol. The first-order chi connectivity index (χ1) is 12.5. The number of hydrogen-bond acceptors (Lipinski definition) is 5. The molecule has 0 unspecified atom stereocenters. The Labute approximate surface area is 154 Å². The molecule has 1 fully saturated rings. The van der Waals surface area contributed by atoms with Gasteiger partial charge in [0.2, 0.25) is 0 Å². The Bertz CT molecular complexity index is 977. The standard InChI is InChI=1S/C19H19N3O3S/c1-11-14-10-15(13-4-2-3-5-16(13)23)20-21-18(14)26-17(11)12-6-8-22(9-7-12)19(24)25/h2-5,10,12,23H,6-9H2,1H3,(H,24,25). The highest BCUT2D eigenvalue weighted by Crippen LogP contribution is 2.40. The second-order valence-electron chi connectivity index (χ2n) is 6.60. The number of para-hydroxylation sites is 1. The Balaban J connectivity index is 1.68. The summed E-state index contributed by atoms with van der Waals surface area (Å²) in [5.74, 6) is 0.550. The maximum Gasteiger partial charge on any atom is 0.407 e. The van der Waals surface area contributed by atoms with E-state index in [1.807, 2.05) is 18.2 Å². The SMILES string of the molecule is Cc1c(C2CCN(C(=O)O)CC2)sc2nnc(-c3ccccc3O)cc12. The number of carboxylic acid groups (broad SMARTS) is 1. The number of likely N-dealkylation sites (tertiary alicyclic amines) is 1. The summed E-state index contributed by atoms with van der Waals surface area (Å²) < 4.78 is 0. The molecule has 1 saturated heterocycles. The van der Waals surface area contributed by atoms with Crippen molar-refractivity contribution in [3.8, 4) is 17.0 Å². The van der Waals surface area contributed by atoms with Crippen LogP contribution in [0.2, 0.25) is 0 Å². The number of amides is 1. The van der Waals surface area contributed by atoms with Gasteiger partial charge < -0.3 is 15.1 Å². The number of nitrogens with zero attached hydrogens (tertiary/aromatic N) is 3. The van der Waals surface area contributed by atoms with Crippen LogP contribution >= 0.6 is 11.3 Å². The summed E-state index contributed by atoms with van der Waals surface area (Å²) in [6, 6.07) is 9.10. The highest BCUT2D eigenvalue weighted by atomic mass is 32.1. The van der Waals surface area contributed by atoms with Gasteiger partial charge in [-0.15, -0.1) is 21.5 Å². The fourth-order valence-electron chi connectivity index (χ4n) is 3.58. The van der Waals surface area contributed by atoms with Crippen LogP contribution in [-0.4, -0.2) is 44.5 Å². The fourth-order valence-corrected chi connectivity index (χ4v) is 4.86. The van der Waals surface area contributed by atoms with Crippen molar-refractivity contribution in [3.05, 3.63) is 40.8 Å². The van der Waals surface area contributed by atoms with Crippen LogP contribution in [-0.2, 0) is 0 Å². The minimum absolute atomic E-state index is 0.190. The van der Waals surface area contributed by atoms with Crippen LogP contribution < -0.4 is 0 Å². The lowest BCUT2D eigenvalue weighted by Crippen LogP contribution is -2.36. The smallest absolute Gasteiger partial charge is 0.407 e. The van der Waals surface area contributed by atoms with Gasteiger partial charge in [-0.05, 0) is 49.4 Å². The predicted octanol–water partition coefficient (Wildman–Crippen LogP) is 4.23. The highest BCUT2D eigenvalue weighted by molar-refractivity contribution is 7.18. The number of thiophene rings is 1. The molecule has 0 spiro atoms. The highest BCUT2D eigenvalue weighted by Gasteiger charge is 2.26. The lowest BCUT2D eigenvalue weighted by Gasteiger charge is -2.29. The van der Waals surface area contributed by atoms with Crippen LogP contribution in [0.3, 0.4) is 0 Å². The molecule has 3 aromatic rings. The Hall–Kier alpha value is -2.67. The molecule has 26 heavy (non-hydrogen) atoms. The van der Waals surface area contributed by atoms with Gasteiger partial charge >= 0.3 is 6.09 Å². The number of aromatic nitrogens is 2. The summed E-state index contributed by atoms with van der Waals surface area (Å²) in [6.45, 7) is 3.24. The first-order valence-corrected chi connectivity index (χ1v) is 9.39. The number of carbonyl (C=O) groups is 1. The third-order valence-corrected chi connectivity index (χ3v) is 6.41. The second kappa shape index (κ2) is 6.57. The van der Waals surface area contributed by atoms with E-state index in [0.29, 0.717) is 30.3 Å². The van der Waals surface area contributed by atoms with E-state index in [2.05, 4.69) is 17.1 Å². The van der Waals surface area contributed by atoms with E-state index in [0.717, 1.165) is 23.1 Å². The van der Waals surface area contributed by atoms with Gasteiger partial charge in [0.25, 0.3) is 0 Å². The number of benzene rings is 1. The van der Waals surface area contributed by atoms with Crippen molar-refractivity contribution in [2.45, 2.75) is 25.7 Å². The molecule has 0 bridgehead atoms. The average Bonchev–Trinajstić information content (AvgIpc) is 2.98. The molecule has 1 aliphatic heterocycles. The summed E-state index contributed by atoms with van der Waals surface area (Å²) in [5, 5.41) is 28.9. The van der Waals surface area contributed by atoms with Gasteiger partial charge in [0.05, 0.1) is 5.69 Å². The van der Waals surface area contributed by atoms with Crippen molar-refractivity contribution in [2.24, 2.45) is 0 Å². The number of fused-ring (bicyclic) bond motifs is 1. The first kappa shape index (κ1) is 16.8. The summed E-state index contributed by atoms with van der Waals surface area (Å²) in [7, 11) is 0. The zero-order valence-corrected chi connectivity index (χ0v) is 15.2. The molecule has 7 heteroatoms. The van der Waals surface area contributed by atoms with Crippen LogP contribution in [0.15, 0.2) is 30.3 Å². The Morgan fingerprint density at radius 2 is 1.96 bits per heavy atom. The van der Waals surface area contributed by atoms with E-state index >= 15 is 0 Å². The van der Waals surface area contributed by atoms with Gasteiger partial charge in [0, 0.05) is 28.9 Å². The van der Waals surface area contributed by atoms with Crippen molar-refractivity contribution in [1.82, 2.24) is 15.1 Å². The molecule has 0 aliphatic carbocycles. The number of phenolic OH excluding ortho intramolecular Hbond substituents is 1. The van der Waals surface area contributed by atoms with Gasteiger partial charge in [-0.3, -0.25) is 0 Å². The van der Waals surface area contributed by atoms with Gasteiger partial charge in [0.15, 0.2) is 0 Å². The predicted molar refractivity (Wildman–Crippen MR) is 101 cm³/mol. The lowest BCUT2D eigenvalue weighted by atomic mass is 9.93. The van der Waals surface area contributed by atoms with Crippen molar-refractivity contribution in [3.63, 3.8) is 0 Å². The van der Waals surface area contributed by atoms with E-state index in [1.165, 1.54) is 15.3 Å². The molecule has 4 rings (SSSR count). The normalized spacial score (nSPS) is 15.5. The Kier molecular flexibility index (Phi) is 4.24. The molecule has 3 heterocycles. The minimum Gasteiger partial charge on any atom is -0.507 e. The Morgan fingerprint density at radius 1 is 1.23 bits per heavy atom. The molecular weight excluding hydrogens is 350 g/mol. The summed E-state index contributed by atoms with van der Waals surface area (Å²) in [6.07, 6.45) is 0.828. The molecular formula is C19H19N3O3S. The van der Waals surface area contributed by atoms with E-state index in [1.54, 1.807) is 23.5 Å². The zero-order chi connectivity index (χ0) is 18.3. The maximum atomic E-state index is 11.1. The van der Waals surface area contributed by atoms with Gasteiger partial charge in [-0.1, -0.05) is 12.1 Å². The fraction of sp³-hybridized carbons (Fsp3) is 0.316. The molecule has 2 aromatic heterocycles. The Morgan fingerprint density at radius 3 is 2.65 bits per heavy atom. The van der Waals surface area contributed by atoms with Crippen molar-refractivity contribution >= 4 is 27.6 Å². The number of rotatable bonds is 2. The summed E-state index contributed by atoms with van der Waals surface area (Å²) in [5.41, 5.74) is 2.51. The first-order valence-electron chi connectivity index (χ1n) is 8.57. The molecule has 1 aromatic carbocycles. The number of piperidine rings is 1. The number of phenols is 1.